The van der Waals surface area contributed by atoms with E-state index in [1.807, 2.05) is 12.1 Å². The number of anilines is 1. The second kappa shape index (κ2) is 7.97. The Bertz CT molecular complexity index is 1170. The van der Waals surface area contributed by atoms with Gasteiger partial charge in [-0.1, -0.05) is 40.5 Å². The van der Waals surface area contributed by atoms with E-state index in [2.05, 4.69) is 16.2 Å². The van der Waals surface area contributed by atoms with E-state index >= 15 is 0 Å². The average molecular weight is 418 g/mol. The lowest BCUT2D eigenvalue weighted by atomic mass is 10.2. The molecule has 0 radical (unpaired) electrons. The molecule has 8 heteroatoms. The van der Waals surface area contributed by atoms with E-state index in [1.165, 1.54) is 30.4 Å². The predicted octanol–water partition coefficient (Wildman–Crippen LogP) is 4.34. The number of aromatic nitrogens is 1. The number of fused-ring (bicyclic) bond motifs is 1. The van der Waals surface area contributed by atoms with E-state index in [0.29, 0.717) is 15.5 Å². The van der Waals surface area contributed by atoms with Gasteiger partial charge in [-0.2, -0.15) is 4.99 Å². The van der Waals surface area contributed by atoms with Gasteiger partial charge in [-0.15, -0.1) is 6.42 Å². The van der Waals surface area contributed by atoms with Crippen LogP contribution < -0.4 is 10.1 Å². The third kappa shape index (κ3) is 4.22. The van der Waals surface area contributed by atoms with Crippen LogP contribution in [0.1, 0.15) is 17.3 Å². The number of thiazole rings is 1. The maximum atomic E-state index is 12.6. The Morgan fingerprint density at radius 3 is 2.70 bits per heavy atom. The molecule has 0 aliphatic heterocycles. The molecular formula is C19H13Cl2N3O2S. The third-order valence-corrected chi connectivity index (χ3v) is 5.20. The number of halogens is 2. The molecule has 0 spiro atoms. The number of hydrogen-bond donors (Lipinski definition) is 1. The molecule has 1 N–H and O–H groups in total. The number of rotatable bonds is 3. The van der Waals surface area contributed by atoms with E-state index in [-0.39, 0.29) is 23.0 Å². The van der Waals surface area contributed by atoms with Gasteiger partial charge in [0.1, 0.15) is 0 Å². The molecule has 0 aliphatic rings. The molecule has 0 bridgehead atoms. The first-order valence-electron chi connectivity index (χ1n) is 7.77. The summed E-state index contributed by atoms with van der Waals surface area (Å²) in [6.45, 7) is 1.69. The van der Waals surface area contributed by atoms with Gasteiger partial charge in [0.25, 0.3) is 5.91 Å². The summed E-state index contributed by atoms with van der Waals surface area (Å²) in [7, 11) is 0. The fourth-order valence-electron chi connectivity index (χ4n) is 2.49. The fourth-order valence-corrected chi connectivity index (χ4v) is 4.05. The molecule has 0 saturated carbocycles. The molecule has 0 fully saturated rings. The lowest BCUT2D eigenvalue weighted by Gasteiger charge is -2.03. The number of benzene rings is 2. The maximum absolute atomic E-state index is 12.6. The van der Waals surface area contributed by atoms with Gasteiger partial charge >= 0.3 is 0 Å². The smallest absolute Gasteiger partial charge is 0.281 e. The Balaban J connectivity index is 2.12. The van der Waals surface area contributed by atoms with Crippen molar-refractivity contribution in [2.24, 2.45) is 4.99 Å². The summed E-state index contributed by atoms with van der Waals surface area (Å²) in [4.78, 5) is 28.5. The number of hydrogen-bond acceptors (Lipinski definition) is 3. The van der Waals surface area contributed by atoms with Crippen molar-refractivity contribution in [2.45, 2.75) is 13.5 Å². The first kappa shape index (κ1) is 19.2. The van der Waals surface area contributed by atoms with Crippen LogP contribution in [0.4, 0.5) is 5.69 Å². The molecule has 0 aliphatic carbocycles. The van der Waals surface area contributed by atoms with Crippen molar-refractivity contribution < 1.29 is 9.59 Å². The average Bonchev–Trinajstić information content (AvgIpc) is 2.91. The molecular weight excluding hydrogens is 405 g/mol. The monoisotopic (exact) mass is 417 g/mol. The molecule has 5 nitrogen and oxygen atoms in total. The molecule has 0 saturated heterocycles. The Hall–Kier alpha value is -2.59. The highest BCUT2D eigenvalue weighted by Gasteiger charge is 2.12. The zero-order chi connectivity index (χ0) is 19.6. The number of carbonyl (C=O) groups excluding carboxylic acids is 2. The van der Waals surface area contributed by atoms with Gasteiger partial charge in [0.05, 0.1) is 27.3 Å². The quantitative estimate of drug-likeness (QED) is 0.644. The molecule has 0 atom stereocenters. The SMILES string of the molecule is C#CCn1c(=NC(=O)c2ccc(Cl)cc2Cl)sc2cc(NC(C)=O)ccc21. The lowest BCUT2D eigenvalue weighted by Crippen LogP contribution is -2.16. The largest absolute Gasteiger partial charge is 0.326 e. The van der Waals surface area contributed by atoms with Gasteiger partial charge < -0.3 is 9.88 Å². The second-order valence-electron chi connectivity index (χ2n) is 5.58. The van der Waals surface area contributed by atoms with Crippen LogP contribution >= 0.6 is 34.5 Å². The van der Waals surface area contributed by atoms with Gasteiger partial charge in [-0.3, -0.25) is 9.59 Å². The zero-order valence-corrected chi connectivity index (χ0v) is 16.5. The van der Waals surface area contributed by atoms with Crippen molar-refractivity contribution in [1.29, 1.82) is 0 Å². The highest BCUT2D eigenvalue weighted by atomic mass is 35.5. The molecule has 0 unspecified atom stereocenters. The van der Waals surface area contributed by atoms with Crippen molar-refractivity contribution in [1.82, 2.24) is 4.57 Å². The molecule has 3 aromatic rings. The summed E-state index contributed by atoms with van der Waals surface area (Å²) in [5, 5.41) is 3.39. The molecule has 1 aromatic heterocycles. The first-order chi connectivity index (χ1) is 12.9. The van der Waals surface area contributed by atoms with Crippen LogP contribution in [0, 0.1) is 12.3 Å². The maximum Gasteiger partial charge on any atom is 0.281 e. The van der Waals surface area contributed by atoms with Crippen LogP contribution in [0.15, 0.2) is 41.4 Å². The van der Waals surface area contributed by atoms with E-state index in [0.717, 1.165) is 10.2 Å². The van der Waals surface area contributed by atoms with Crippen molar-refractivity contribution in [2.75, 3.05) is 5.32 Å². The van der Waals surface area contributed by atoms with E-state index in [9.17, 15) is 9.59 Å². The zero-order valence-electron chi connectivity index (χ0n) is 14.1. The highest BCUT2D eigenvalue weighted by molar-refractivity contribution is 7.16. The van der Waals surface area contributed by atoms with Crippen LogP contribution in [-0.4, -0.2) is 16.4 Å². The fraction of sp³-hybridized carbons (Fsp3) is 0.105. The summed E-state index contributed by atoms with van der Waals surface area (Å²) in [6.07, 6.45) is 5.47. The minimum absolute atomic E-state index is 0.167. The number of nitrogens with one attached hydrogen (secondary N) is 1. The van der Waals surface area contributed by atoms with Crippen LogP contribution in [0.2, 0.25) is 10.0 Å². The number of amides is 2. The molecule has 1 heterocycles. The van der Waals surface area contributed by atoms with Crippen LogP contribution in [0.5, 0.6) is 0 Å². The van der Waals surface area contributed by atoms with E-state index in [1.54, 1.807) is 16.7 Å². The Labute approximate surface area is 169 Å². The van der Waals surface area contributed by atoms with Gasteiger partial charge in [0.15, 0.2) is 4.80 Å². The van der Waals surface area contributed by atoms with Gasteiger partial charge in [-0.25, -0.2) is 0 Å². The molecule has 2 aromatic carbocycles. The molecule has 3 rings (SSSR count). The van der Waals surface area contributed by atoms with Crippen molar-refractivity contribution in [3.05, 3.63) is 56.8 Å². The van der Waals surface area contributed by atoms with Crippen molar-refractivity contribution >= 4 is 62.3 Å². The standard InChI is InChI=1S/C19H13Cl2N3O2S/c1-3-8-24-16-7-5-13(22-11(2)25)10-17(16)27-19(24)23-18(26)14-6-4-12(20)9-15(14)21/h1,4-7,9-10H,8H2,2H3,(H,22,25). The normalized spacial score (nSPS) is 11.4. The highest BCUT2D eigenvalue weighted by Crippen LogP contribution is 2.24. The summed E-state index contributed by atoms with van der Waals surface area (Å²) in [6, 6.07) is 10.0. The summed E-state index contributed by atoms with van der Waals surface area (Å²) < 4.78 is 2.60. The number of terminal acetylenes is 1. The predicted molar refractivity (Wildman–Crippen MR) is 109 cm³/mol. The Morgan fingerprint density at radius 2 is 2.04 bits per heavy atom. The number of nitrogens with zero attached hydrogens (tertiary/aromatic N) is 2. The van der Waals surface area contributed by atoms with Crippen LogP contribution in [0.25, 0.3) is 10.2 Å². The minimum Gasteiger partial charge on any atom is -0.326 e. The second-order valence-corrected chi connectivity index (χ2v) is 7.43. The van der Waals surface area contributed by atoms with Crippen LogP contribution in [-0.2, 0) is 11.3 Å². The van der Waals surface area contributed by atoms with Crippen molar-refractivity contribution in [3.63, 3.8) is 0 Å². The first-order valence-corrected chi connectivity index (χ1v) is 9.35. The van der Waals surface area contributed by atoms with Crippen LogP contribution in [0.3, 0.4) is 0 Å². The van der Waals surface area contributed by atoms with E-state index < -0.39 is 5.91 Å². The number of carbonyl (C=O) groups is 2. The molecule has 27 heavy (non-hydrogen) atoms. The summed E-state index contributed by atoms with van der Waals surface area (Å²) >= 11 is 13.3. The molecule has 136 valence electrons. The lowest BCUT2D eigenvalue weighted by molar-refractivity contribution is -0.114. The van der Waals surface area contributed by atoms with Gasteiger partial charge in [0, 0.05) is 17.6 Å². The van der Waals surface area contributed by atoms with E-state index in [4.69, 9.17) is 29.6 Å². The topological polar surface area (TPSA) is 63.5 Å². The Kier molecular flexibility index (Phi) is 5.66. The van der Waals surface area contributed by atoms with Gasteiger partial charge in [-0.05, 0) is 36.4 Å². The summed E-state index contributed by atoms with van der Waals surface area (Å²) in [5.74, 6) is 1.91. The summed E-state index contributed by atoms with van der Waals surface area (Å²) in [5.41, 5.74) is 1.73. The van der Waals surface area contributed by atoms with Crippen molar-refractivity contribution in [3.8, 4) is 12.3 Å². The molecule has 2 amide bonds. The van der Waals surface area contributed by atoms with Gasteiger partial charge in [0.2, 0.25) is 5.91 Å². The third-order valence-electron chi connectivity index (χ3n) is 3.61. The minimum atomic E-state index is -0.490. The Morgan fingerprint density at radius 1 is 1.26 bits per heavy atom.